The Hall–Kier alpha value is -2.45. The summed E-state index contributed by atoms with van der Waals surface area (Å²) in [5, 5.41) is 18.8. The SMILES string of the molecule is CC(=O)C(NCC1CCc2cccc(CCCNC(=O)CNC(=O)C(C)C(C)(C)O)c2O1)C1CC1. The first kappa shape index (κ1) is 27.1. The fraction of sp³-hybridized carbons (Fsp3) is 0.667. The van der Waals surface area contributed by atoms with Gasteiger partial charge in [0.15, 0.2) is 0 Å². The van der Waals surface area contributed by atoms with E-state index in [1.54, 1.807) is 27.7 Å². The Morgan fingerprint density at radius 2 is 1.91 bits per heavy atom. The van der Waals surface area contributed by atoms with E-state index in [1.165, 1.54) is 5.56 Å². The van der Waals surface area contributed by atoms with Gasteiger partial charge in [0.05, 0.1) is 24.1 Å². The molecule has 1 aromatic carbocycles. The Kier molecular flexibility index (Phi) is 9.30. The maximum atomic E-state index is 12.1. The Morgan fingerprint density at radius 3 is 2.57 bits per heavy atom. The zero-order valence-electron chi connectivity index (χ0n) is 21.5. The average molecular weight is 488 g/mol. The van der Waals surface area contributed by atoms with Gasteiger partial charge in [0.1, 0.15) is 17.6 Å². The normalized spacial score (nSPS) is 19.2. The first-order valence-corrected chi connectivity index (χ1v) is 12.8. The third kappa shape index (κ3) is 8.04. The van der Waals surface area contributed by atoms with Gasteiger partial charge in [-0.1, -0.05) is 25.1 Å². The summed E-state index contributed by atoms with van der Waals surface area (Å²) < 4.78 is 6.36. The molecule has 8 heteroatoms. The molecule has 3 rings (SSSR count). The third-order valence-electron chi connectivity index (χ3n) is 7.12. The van der Waals surface area contributed by atoms with E-state index in [1.807, 2.05) is 6.07 Å². The van der Waals surface area contributed by atoms with E-state index in [0.717, 1.165) is 49.8 Å². The van der Waals surface area contributed by atoms with Crippen molar-refractivity contribution in [1.29, 1.82) is 0 Å². The van der Waals surface area contributed by atoms with Crippen LogP contribution >= 0.6 is 0 Å². The Morgan fingerprint density at radius 1 is 1.17 bits per heavy atom. The summed E-state index contributed by atoms with van der Waals surface area (Å²) in [5.74, 6) is 0.410. The van der Waals surface area contributed by atoms with Crippen molar-refractivity contribution < 1.29 is 24.2 Å². The van der Waals surface area contributed by atoms with Crippen LogP contribution in [0, 0.1) is 11.8 Å². The molecule has 1 saturated carbocycles. The molecule has 8 nitrogen and oxygen atoms in total. The zero-order valence-corrected chi connectivity index (χ0v) is 21.5. The number of carbonyl (C=O) groups excluding carboxylic acids is 3. The van der Waals surface area contributed by atoms with E-state index in [4.69, 9.17) is 4.74 Å². The van der Waals surface area contributed by atoms with Crippen LogP contribution in [0.25, 0.3) is 0 Å². The molecular weight excluding hydrogens is 446 g/mol. The molecule has 1 fully saturated rings. The molecule has 2 amide bonds. The molecule has 2 aliphatic rings. The predicted molar refractivity (Wildman–Crippen MR) is 134 cm³/mol. The van der Waals surface area contributed by atoms with Crippen molar-refractivity contribution in [2.45, 2.75) is 84.0 Å². The monoisotopic (exact) mass is 487 g/mol. The molecule has 0 saturated heterocycles. The third-order valence-corrected chi connectivity index (χ3v) is 7.12. The second-order valence-corrected chi connectivity index (χ2v) is 10.6. The zero-order chi connectivity index (χ0) is 25.6. The molecule has 1 aliphatic carbocycles. The lowest BCUT2D eigenvalue weighted by Gasteiger charge is -2.29. The van der Waals surface area contributed by atoms with Gasteiger partial charge in [0.25, 0.3) is 0 Å². The molecule has 0 radical (unpaired) electrons. The van der Waals surface area contributed by atoms with Gasteiger partial charge in [-0.05, 0) is 76.3 Å². The summed E-state index contributed by atoms with van der Waals surface area (Å²) in [4.78, 5) is 36.1. The van der Waals surface area contributed by atoms with E-state index >= 15 is 0 Å². The molecule has 3 unspecified atom stereocenters. The molecule has 35 heavy (non-hydrogen) atoms. The molecule has 3 atom stereocenters. The molecule has 0 aromatic heterocycles. The van der Waals surface area contributed by atoms with Crippen LogP contribution in [0.4, 0.5) is 0 Å². The minimum Gasteiger partial charge on any atom is -0.489 e. The molecule has 0 bridgehead atoms. The standard InChI is InChI=1S/C27H41N3O5/c1-17(27(3,4)34)26(33)30-16-23(32)28-14-6-9-20-7-5-8-21-12-13-22(35-25(20)21)15-29-24(18(2)31)19-10-11-19/h5,7-8,17,19,22,24,29,34H,6,9-16H2,1-4H3,(H,28,32)(H,30,33). The van der Waals surface area contributed by atoms with Gasteiger partial charge in [0, 0.05) is 13.1 Å². The summed E-state index contributed by atoms with van der Waals surface area (Å²) in [5.41, 5.74) is 1.19. The first-order chi connectivity index (χ1) is 16.6. The smallest absolute Gasteiger partial charge is 0.239 e. The van der Waals surface area contributed by atoms with Crippen LogP contribution in [0.1, 0.15) is 64.5 Å². The topological polar surface area (TPSA) is 117 Å². The predicted octanol–water partition coefficient (Wildman–Crippen LogP) is 1.91. The number of carbonyl (C=O) groups is 3. The highest BCUT2D eigenvalue weighted by atomic mass is 16.5. The van der Waals surface area contributed by atoms with Gasteiger partial charge < -0.3 is 25.8 Å². The van der Waals surface area contributed by atoms with Crippen molar-refractivity contribution in [3.05, 3.63) is 29.3 Å². The van der Waals surface area contributed by atoms with Crippen molar-refractivity contribution in [2.24, 2.45) is 11.8 Å². The number of para-hydroxylation sites is 1. The number of fused-ring (bicyclic) bond motifs is 1. The number of aliphatic hydroxyl groups is 1. The van der Waals surface area contributed by atoms with E-state index in [2.05, 4.69) is 28.1 Å². The molecule has 1 aromatic rings. The highest BCUT2D eigenvalue weighted by molar-refractivity contribution is 5.86. The number of hydrogen-bond acceptors (Lipinski definition) is 6. The minimum absolute atomic E-state index is 0.0406. The Labute approximate surface area is 208 Å². The number of ether oxygens (including phenoxy) is 1. The fourth-order valence-corrected chi connectivity index (χ4v) is 4.41. The molecule has 1 heterocycles. The van der Waals surface area contributed by atoms with Gasteiger partial charge in [0.2, 0.25) is 11.8 Å². The van der Waals surface area contributed by atoms with E-state index in [-0.39, 0.29) is 36.3 Å². The van der Waals surface area contributed by atoms with Gasteiger partial charge in [-0.2, -0.15) is 0 Å². The number of hydrogen-bond donors (Lipinski definition) is 4. The maximum absolute atomic E-state index is 12.1. The highest BCUT2D eigenvalue weighted by Gasteiger charge is 2.34. The summed E-state index contributed by atoms with van der Waals surface area (Å²) in [6, 6.07) is 6.16. The number of ketones is 1. The Balaban J connectivity index is 1.42. The lowest BCUT2D eigenvalue weighted by atomic mass is 9.92. The second-order valence-electron chi connectivity index (χ2n) is 10.6. The van der Waals surface area contributed by atoms with Gasteiger partial charge >= 0.3 is 0 Å². The fourth-order valence-electron chi connectivity index (χ4n) is 4.41. The number of benzene rings is 1. The number of Topliss-reactive ketones (excluding diaryl/α,β-unsaturated/α-hetero) is 1. The van der Waals surface area contributed by atoms with Gasteiger partial charge in [-0.25, -0.2) is 0 Å². The largest absolute Gasteiger partial charge is 0.489 e. The lowest BCUT2D eigenvalue weighted by molar-refractivity contribution is -0.133. The summed E-state index contributed by atoms with van der Waals surface area (Å²) >= 11 is 0. The summed E-state index contributed by atoms with van der Waals surface area (Å²) in [6.45, 7) is 7.48. The highest BCUT2D eigenvalue weighted by Crippen LogP contribution is 2.34. The summed E-state index contributed by atoms with van der Waals surface area (Å²) in [6.07, 6.45) is 5.67. The average Bonchev–Trinajstić information content (AvgIpc) is 3.64. The minimum atomic E-state index is -1.14. The van der Waals surface area contributed by atoms with Crippen molar-refractivity contribution in [3.63, 3.8) is 0 Å². The molecule has 1 aliphatic heterocycles. The molecule has 194 valence electrons. The Bertz CT molecular complexity index is 907. The van der Waals surface area contributed by atoms with Crippen LogP contribution in [0.15, 0.2) is 18.2 Å². The number of rotatable bonds is 13. The molecule has 0 spiro atoms. The number of amides is 2. The van der Waals surface area contributed by atoms with Crippen LogP contribution in [0.3, 0.4) is 0 Å². The van der Waals surface area contributed by atoms with Crippen molar-refractivity contribution >= 4 is 17.6 Å². The van der Waals surface area contributed by atoms with E-state index in [0.29, 0.717) is 19.0 Å². The number of aryl methyl sites for hydroxylation is 2. The van der Waals surface area contributed by atoms with Gasteiger partial charge in [-0.3, -0.25) is 14.4 Å². The maximum Gasteiger partial charge on any atom is 0.239 e. The first-order valence-electron chi connectivity index (χ1n) is 12.8. The lowest BCUT2D eigenvalue weighted by Crippen LogP contribution is -2.45. The van der Waals surface area contributed by atoms with Crippen LogP contribution in [-0.4, -0.2) is 60.1 Å². The van der Waals surface area contributed by atoms with Crippen LogP contribution < -0.4 is 20.7 Å². The quantitative estimate of drug-likeness (QED) is 0.316. The summed E-state index contributed by atoms with van der Waals surface area (Å²) in [7, 11) is 0. The second kappa shape index (κ2) is 12.0. The molecular formula is C27H41N3O5. The number of nitrogens with one attached hydrogen (secondary N) is 3. The van der Waals surface area contributed by atoms with Crippen molar-refractivity contribution in [3.8, 4) is 5.75 Å². The van der Waals surface area contributed by atoms with E-state index < -0.39 is 11.5 Å². The van der Waals surface area contributed by atoms with E-state index in [9.17, 15) is 19.5 Å². The van der Waals surface area contributed by atoms with Gasteiger partial charge in [-0.15, -0.1) is 0 Å². The van der Waals surface area contributed by atoms with Crippen LogP contribution in [-0.2, 0) is 27.2 Å². The molecule has 4 N–H and O–H groups in total. The van der Waals surface area contributed by atoms with Crippen molar-refractivity contribution in [1.82, 2.24) is 16.0 Å². The van der Waals surface area contributed by atoms with Crippen LogP contribution in [0.5, 0.6) is 5.75 Å². The van der Waals surface area contributed by atoms with Crippen molar-refractivity contribution in [2.75, 3.05) is 19.6 Å². The van der Waals surface area contributed by atoms with Crippen LogP contribution in [0.2, 0.25) is 0 Å².